The van der Waals surface area contributed by atoms with E-state index in [0.717, 1.165) is 16.3 Å². The van der Waals surface area contributed by atoms with Crippen molar-refractivity contribution in [2.24, 2.45) is 0 Å². The number of hydrogen-bond acceptors (Lipinski definition) is 5. The van der Waals surface area contributed by atoms with E-state index in [9.17, 15) is 18.0 Å². The lowest BCUT2D eigenvalue weighted by molar-refractivity contribution is -0.123. The molecule has 2 aromatic rings. The van der Waals surface area contributed by atoms with Crippen LogP contribution in [0.3, 0.4) is 0 Å². The SMILES string of the molecule is CCc1ccc(C(=O)O[C@@H](C)C(=O)Nc2cccc(S(=O)(=O)N(C)C)c2)cc1. The number of amides is 1. The predicted molar refractivity (Wildman–Crippen MR) is 107 cm³/mol. The maximum absolute atomic E-state index is 12.3. The summed E-state index contributed by atoms with van der Waals surface area (Å²) in [5.41, 5.74) is 1.74. The normalized spacial score (nSPS) is 12.5. The van der Waals surface area contributed by atoms with Crippen molar-refractivity contribution in [2.45, 2.75) is 31.3 Å². The van der Waals surface area contributed by atoms with E-state index in [1.807, 2.05) is 19.1 Å². The molecule has 0 unspecified atom stereocenters. The summed E-state index contributed by atoms with van der Waals surface area (Å²) in [6.45, 7) is 3.46. The molecule has 2 rings (SSSR count). The standard InChI is InChI=1S/C20H24N2O5S/c1-5-15-9-11-16(12-10-15)20(24)27-14(2)19(23)21-17-7-6-8-18(13-17)28(25,26)22(3)4/h6-14H,5H2,1-4H3,(H,21,23)/t14-/m0/s1. The van der Waals surface area contributed by atoms with E-state index < -0.39 is 28.0 Å². The summed E-state index contributed by atoms with van der Waals surface area (Å²) < 4.78 is 30.7. The number of nitrogens with zero attached hydrogens (tertiary/aromatic N) is 1. The Morgan fingerprint density at radius 2 is 1.75 bits per heavy atom. The van der Waals surface area contributed by atoms with Gasteiger partial charge in [0.15, 0.2) is 6.10 Å². The summed E-state index contributed by atoms with van der Waals surface area (Å²) in [5.74, 6) is -1.16. The highest BCUT2D eigenvalue weighted by molar-refractivity contribution is 7.89. The molecular formula is C20H24N2O5S. The summed E-state index contributed by atoms with van der Waals surface area (Å²) in [5, 5.41) is 2.57. The summed E-state index contributed by atoms with van der Waals surface area (Å²) in [7, 11) is -0.768. The van der Waals surface area contributed by atoms with Crippen LogP contribution < -0.4 is 5.32 Å². The van der Waals surface area contributed by atoms with Crippen LogP contribution in [0.1, 0.15) is 29.8 Å². The Bertz CT molecular complexity index is 953. The highest BCUT2D eigenvalue weighted by Crippen LogP contribution is 2.18. The molecule has 7 nitrogen and oxygen atoms in total. The minimum absolute atomic E-state index is 0.0518. The van der Waals surface area contributed by atoms with Gasteiger partial charge in [0, 0.05) is 19.8 Å². The lowest BCUT2D eigenvalue weighted by atomic mass is 10.1. The number of rotatable bonds is 7. The number of benzene rings is 2. The average molecular weight is 404 g/mol. The molecule has 0 aliphatic heterocycles. The molecule has 150 valence electrons. The first kappa shape index (κ1) is 21.6. The molecule has 0 heterocycles. The molecule has 0 spiro atoms. The molecule has 1 N–H and O–H groups in total. The molecule has 0 aliphatic rings. The van der Waals surface area contributed by atoms with Crippen molar-refractivity contribution in [3.05, 3.63) is 59.7 Å². The fraction of sp³-hybridized carbons (Fsp3) is 0.300. The number of carbonyl (C=O) groups excluding carboxylic acids is 2. The van der Waals surface area contributed by atoms with Crippen LogP contribution in [0.4, 0.5) is 5.69 Å². The van der Waals surface area contributed by atoms with E-state index in [-0.39, 0.29) is 4.90 Å². The van der Waals surface area contributed by atoms with Gasteiger partial charge in [0.1, 0.15) is 0 Å². The summed E-state index contributed by atoms with van der Waals surface area (Å²) in [6, 6.07) is 12.8. The van der Waals surface area contributed by atoms with Crippen molar-refractivity contribution in [3.63, 3.8) is 0 Å². The van der Waals surface area contributed by atoms with Crippen molar-refractivity contribution in [1.29, 1.82) is 0 Å². The monoisotopic (exact) mass is 404 g/mol. The van der Waals surface area contributed by atoms with Gasteiger partial charge in [-0.2, -0.15) is 0 Å². The van der Waals surface area contributed by atoms with E-state index in [1.165, 1.54) is 39.2 Å². The lowest BCUT2D eigenvalue weighted by Gasteiger charge is -2.15. The highest BCUT2D eigenvalue weighted by atomic mass is 32.2. The fourth-order valence-corrected chi connectivity index (χ4v) is 3.30. The van der Waals surface area contributed by atoms with E-state index >= 15 is 0 Å². The predicted octanol–water partition coefficient (Wildman–Crippen LogP) is 2.68. The Morgan fingerprint density at radius 3 is 2.32 bits per heavy atom. The average Bonchev–Trinajstić information content (AvgIpc) is 2.68. The van der Waals surface area contributed by atoms with E-state index in [0.29, 0.717) is 11.3 Å². The lowest BCUT2D eigenvalue weighted by Crippen LogP contribution is -2.30. The van der Waals surface area contributed by atoms with Crippen LogP contribution >= 0.6 is 0 Å². The zero-order chi connectivity index (χ0) is 20.9. The number of hydrogen-bond donors (Lipinski definition) is 1. The second-order valence-corrected chi connectivity index (χ2v) is 8.55. The third-order valence-corrected chi connectivity index (χ3v) is 5.94. The molecule has 8 heteroatoms. The first-order valence-corrected chi connectivity index (χ1v) is 10.2. The molecule has 0 bridgehead atoms. The second kappa shape index (κ2) is 8.99. The van der Waals surface area contributed by atoms with Crippen LogP contribution in [0.25, 0.3) is 0 Å². The minimum Gasteiger partial charge on any atom is -0.449 e. The smallest absolute Gasteiger partial charge is 0.338 e. The Kier molecular flexibility index (Phi) is 6.93. The van der Waals surface area contributed by atoms with Gasteiger partial charge in [-0.25, -0.2) is 17.5 Å². The molecule has 1 amide bonds. The molecule has 0 saturated carbocycles. The molecule has 0 radical (unpaired) electrons. The van der Waals surface area contributed by atoms with E-state index in [2.05, 4.69) is 5.32 Å². The molecular weight excluding hydrogens is 380 g/mol. The van der Waals surface area contributed by atoms with Gasteiger partial charge in [-0.1, -0.05) is 25.1 Å². The molecule has 0 aromatic heterocycles. The first-order chi connectivity index (χ1) is 13.1. The topological polar surface area (TPSA) is 92.8 Å². The zero-order valence-corrected chi connectivity index (χ0v) is 17.1. The Balaban J connectivity index is 2.05. The number of aryl methyl sites for hydroxylation is 1. The fourth-order valence-electron chi connectivity index (χ4n) is 2.35. The van der Waals surface area contributed by atoms with Crippen LogP contribution in [0.15, 0.2) is 53.4 Å². The second-order valence-electron chi connectivity index (χ2n) is 6.40. The van der Waals surface area contributed by atoms with E-state index in [1.54, 1.807) is 18.2 Å². The van der Waals surface area contributed by atoms with Crippen LogP contribution in [0.5, 0.6) is 0 Å². The van der Waals surface area contributed by atoms with Crippen molar-refractivity contribution in [2.75, 3.05) is 19.4 Å². The molecule has 0 aliphatic carbocycles. The Labute approximate surface area is 165 Å². The van der Waals surface area contributed by atoms with Crippen LogP contribution in [0, 0.1) is 0 Å². The summed E-state index contributed by atoms with van der Waals surface area (Å²) >= 11 is 0. The number of esters is 1. The maximum atomic E-state index is 12.3. The first-order valence-electron chi connectivity index (χ1n) is 8.78. The summed E-state index contributed by atoms with van der Waals surface area (Å²) in [4.78, 5) is 24.6. The summed E-state index contributed by atoms with van der Waals surface area (Å²) in [6.07, 6.45) is -0.191. The van der Waals surface area contributed by atoms with Gasteiger partial charge in [-0.15, -0.1) is 0 Å². The van der Waals surface area contributed by atoms with E-state index in [4.69, 9.17) is 4.74 Å². The van der Waals surface area contributed by atoms with Crippen LogP contribution in [0.2, 0.25) is 0 Å². The maximum Gasteiger partial charge on any atom is 0.338 e. The number of sulfonamides is 1. The van der Waals surface area contributed by atoms with Gasteiger partial charge >= 0.3 is 5.97 Å². The minimum atomic E-state index is -3.62. The molecule has 2 aromatic carbocycles. The molecule has 0 fully saturated rings. The number of nitrogens with one attached hydrogen (secondary N) is 1. The number of anilines is 1. The number of carbonyl (C=O) groups is 2. The van der Waals surface area contributed by atoms with Gasteiger partial charge in [0.2, 0.25) is 10.0 Å². The van der Waals surface area contributed by atoms with Crippen LogP contribution in [-0.4, -0.2) is 44.8 Å². The van der Waals surface area contributed by atoms with Crippen molar-refractivity contribution in [1.82, 2.24) is 4.31 Å². The zero-order valence-electron chi connectivity index (χ0n) is 16.3. The van der Waals surface area contributed by atoms with Crippen molar-refractivity contribution < 1.29 is 22.7 Å². The van der Waals surface area contributed by atoms with Gasteiger partial charge in [0.25, 0.3) is 5.91 Å². The molecule has 0 saturated heterocycles. The van der Waals surface area contributed by atoms with Gasteiger partial charge in [-0.3, -0.25) is 4.79 Å². The third kappa shape index (κ3) is 5.17. The van der Waals surface area contributed by atoms with Crippen molar-refractivity contribution >= 4 is 27.6 Å². The van der Waals surface area contributed by atoms with Gasteiger partial charge < -0.3 is 10.1 Å². The Hall–Kier alpha value is -2.71. The highest BCUT2D eigenvalue weighted by Gasteiger charge is 2.21. The quantitative estimate of drug-likeness (QED) is 0.716. The molecule has 28 heavy (non-hydrogen) atoms. The van der Waals surface area contributed by atoms with Crippen molar-refractivity contribution in [3.8, 4) is 0 Å². The Morgan fingerprint density at radius 1 is 1.11 bits per heavy atom. The largest absolute Gasteiger partial charge is 0.449 e. The third-order valence-electron chi connectivity index (χ3n) is 4.13. The van der Waals surface area contributed by atoms with Gasteiger partial charge in [-0.05, 0) is 49.2 Å². The van der Waals surface area contributed by atoms with Crippen LogP contribution in [-0.2, 0) is 26.0 Å². The van der Waals surface area contributed by atoms with Gasteiger partial charge in [0.05, 0.1) is 10.5 Å². The molecule has 1 atom stereocenters. The number of ether oxygens (including phenoxy) is 1.